The summed E-state index contributed by atoms with van der Waals surface area (Å²) < 4.78 is 0. The SMILES string of the molecule is O=C(O)CCCNC(=O)CN1CCCC1CCO. The van der Waals surface area contributed by atoms with E-state index in [4.69, 9.17) is 10.2 Å². The van der Waals surface area contributed by atoms with Crippen LogP contribution in [-0.2, 0) is 9.59 Å². The van der Waals surface area contributed by atoms with E-state index < -0.39 is 5.97 Å². The topological polar surface area (TPSA) is 89.9 Å². The summed E-state index contributed by atoms with van der Waals surface area (Å²) >= 11 is 0. The van der Waals surface area contributed by atoms with E-state index in [2.05, 4.69) is 10.2 Å². The van der Waals surface area contributed by atoms with Crippen LogP contribution in [0.2, 0.25) is 0 Å². The maximum atomic E-state index is 11.6. The Labute approximate surface area is 107 Å². The molecule has 1 atom stereocenters. The summed E-state index contributed by atoms with van der Waals surface area (Å²) in [5, 5.41) is 20.1. The smallest absolute Gasteiger partial charge is 0.303 e. The van der Waals surface area contributed by atoms with E-state index in [0.717, 1.165) is 19.4 Å². The summed E-state index contributed by atoms with van der Waals surface area (Å²) in [6, 6.07) is 0.305. The molecule has 1 aliphatic heterocycles. The van der Waals surface area contributed by atoms with Gasteiger partial charge in [0.2, 0.25) is 5.91 Å². The van der Waals surface area contributed by atoms with E-state index >= 15 is 0 Å². The highest BCUT2D eigenvalue weighted by Gasteiger charge is 2.25. The zero-order valence-electron chi connectivity index (χ0n) is 10.6. The summed E-state index contributed by atoms with van der Waals surface area (Å²) in [6.07, 6.45) is 3.36. The molecule has 6 nitrogen and oxygen atoms in total. The number of rotatable bonds is 8. The van der Waals surface area contributed by atoms with Crippen molar-refractivity contribution in [3.05, 3.63) is 0 Å². The number of carbonyl (C=O) groups is 2. The lowest BCUT2D eigenvalue weighted by molar-refractivity contribution is -0.137. The van der Waals surface area contributed by atoms with Crippen molar-refractivity contribution < 1.29 is 19.8 Å². The lowest BCUT2D eigenvalue weighted by Gasteiger charge is -2.23. The van der Waals surface area contributed by atoms with Crippen molar-refractivity contribution in [3.63, 3.8) is 0 Å². The van der Waals surface area contributed by atoms with Gasteiger partial charge < -0.3 is 15.5 Å². The predicted molar refractivity (Wildman–Crippen MR) is 66.2 cm³/mol. The summed E-state index contributed by atoms with van der Waals surface area (Å²) in [7, 11) is 0. The fourth-order valence-electron chi connectivity index (χ4n) is 2.29. The van der Waals surface area contributed by atoms with E-state index in [1.807, 2.05) is 0 Å². The molecule has 3 N–H and O–H groups in total. The molecule has 0 radical (unpaired) electrons. The number of hydrogen-bond donors (Lipinski definition) is 3. The summed E-state index contributed by atoms with van der Waals surface area (Å²) in [4.78, 5) is 24.0. The average Bonchev–Trinajstić information content (AvgIpc) is 2.72. The molecule has 0 aromatic rings. The van der Waals surface area contributed by atoms with Crippen LogP contribution in [0.4, 0.5) is 0 Å². The molecule has 0 aliphatic carbocycles. The molecular weight excluding hydrogens is 236 g/mol. The van der Waals surface area contributed by atoms with Crippen LogP contribution < -0.4 is 5.32 Å². The number of aliphatic carboxylic acids is 1. The molecule has 1 heterocycles. The zero-order chi connectivity index (χ0) is 13.4. The first-order valence-electron chi connectivity index (χ1n) is 6.47. The minimum atomic E-state index is -0.841. The lowest BCUT2D eigenvalue weighted by Crippen LogP contribution is -2.40. The van der Waals surface area contributed by atoms with Gasteiger partial charge in [0, 0.05) is 25.6 Å². The molecule has 0 spiro atoms. The van der Waals surface area contributed by atoms with Crippen LogP contribution in [0.15, 0.2) is 0 Å². The number of hydrogen-bond acceptors (Lipinski definition) is 4. The Hall–Kier alpha value is -1.14. The summed E-state index contributed by atoms with van der Waals surface area (Å²) in [6.45, 7) is 1.80. The highest BCUT2D eigenvalue weighted by Crippen LogP contribution is 2.18. The molecule has 104 valence electrons. The number of aliphatic hydroxyl groups is 1. The Kier molecular flexibility index (Phi) is 6.67. The first-order valence-corrected chi connectivity index (χ1v) is 6.47. The van der Waals surface area contributed by atoms with Gasteiger partial charge in [-0.15, -0.1) is 0 Å². The third-order valence-electron chi connectivity index (χ3n) is 3.20. The Balaban J connectivity index is 2.16. The van der Waals surface area contributed by atoms with Crippen molar-refractivity contribution in [3.8, 4) is 0 Å². The Bertz CT molecular complexity index is 283. The summed E-state index contributed by atoms with van der Waals surface area (Å²) in [5.74, 6) is -0.906. The number of nitrogens with zero attached hydrogens (tertiary/aromatic N) is 1. The quantitative estimate of drug-likeness (QED) is 0.525. The second kappa shape index (κ2) is 8.05. The van der Waals surface area contributed by atoms with Crippen molar-refractivity contribution in [2.45, 2.75) is 38.1 Å². The number of carboxylic acid groups (broad SMARTS) is 1. The number of carbonyl (C=O) groups excluding carboxylic acids is 1. The highest BCUT2D eigenvalue weighted by molar-refractivity contribution is 5.78. The van der Waals surface area contributed by atoms with Gasteiger partial charge in [-0.25, -0.2) is 0 Å². The van der Waals surface area contributed by atoms with Crippen molar-refractivity contribution in [2.24, 2.45) is 0 Å². The number of aliphatic hydroxyl groups excluding tert-OH is 1. The number of nitrogens with one attached hydrogen (secondary N) is 1. The van der Waals surface area contributed by atoms with Crippen LogP contribution >= 0.6 is 0 Å². The molecule has 0 bridgehead atoms. The molecule has 1 unspecified atom stereocenters. The van der Waals surface area contributed by atoms with E-state index in [0.29, 0.717) is 32.0 Å². The second-order valence-electron chi connectivity index (χ2n) is 4.63. The maximum Gasteiger partial charge on any atom is 0.303 e. The highest BCUT2D eigenvalue weighted by atomic mass is 16.4. The van der Waals surface area contributed by atoms with Crippen LogP contribution in [0.1, 0.15) is 32.1 Å². The van der Waals surface area contributed by atoms with Gasteiger partial charge in [-0.1, -0.05) is 0 Å². The first kappa shape index (κ1) is 14.9. The normalized spacial score (nSPS) is 19.9. The van der Waals surface area contributed by atoms with Gasteiger partial charge in [0.05, 0.1) is 6.54 Å². The van der Waals surface area contributed by atoms with Crippen molar-refractivity contribution in [2.75, 3.05) is 26.2 Å². The van der Waals surface area contributed by atoms with E-state index in [-0.39, 0.29) is 18.9 Å². The second-order valence-corrected chi connectivity index (χ2v) is 4.63. The van der Waals surface area contributed by atoms with Crippen LogP contribution in [0, 0.1) is 0 Å². The molecule has 1 rings (SSSR count). The van der Waals surface area contributed by atoms with Crippen LogP contribution in [0.5, 0.6) is 0 Å². The zero-order valence-corrected chi connectivity index (χ0v) is 10.6. The van der Waals surface area contributed by atoms with Gasteiger partial charge in [0.25, 0.3) is 0 Å². The molecule has 1 amide bonds. The first-order chi connectivity index (χ1) is 8.63. The van der Waals surface area contributed by atoms with Gasteiger partial charge in [-0.3, -0.25) is 14.5 Å². The molecule has 18 heavy (non-hydrogen) atoms. The minimum Gasteiger partial charge on any atom is -0.481 e. The number of carboxylic acids is 1. The molecule has 1 fully saturated rings. The molecule has 6 heteroatoms. The van der Waals surface area contributed by atoms with Gasteiger partial charge in [-0.05, 0) is 32.2 Å². The molecular formula is C12H22N2O4. The van der Waals surface area contributed by atoms with E-state index in [1.54, 1.807) is 0 Å². The van der Waals surface area contributed by atoms with E-state index in [9.17, 15) is 9.59 Å². The molecule has 0 aromatic heterocycles. The van der Waals surface area contributed by atoms with Crippen molar-refractivity contribution in [1.82, 2.24) is 10.2 Å². The number of amides is 1. The van der Waals surface area contributed by atoms with Crippen LogP contribution in [0.25, 0.3) is 0 Å². The predicted octanol–water partition coefficient (Wildman–Crippen LogP) is -0.186. The van der Waals surface area contributed by atoms with Gasteiger partial charge in [0.1, 0.15) is 0 Å². The van der Waals surface area contributed by atoms with Crippen molar-refractivity contribution >= 4 is 11.9 Å². The minimum absolute atomic E-state index is 0.0646. The van der Waals surface area contributed by atoms with Gasteiger partial charge >= 0.3 is 5.97 Å². The van der Waals surface area contributed by atoms with Gasteiger partial charge in [0.15, 0.2) is 0 Å². The maximum absolute atomic E-state index is 11.6. The Morgan fingerprint density at radius 3 is 2.83 bits per heavy atom. The van der Waals surface area contributed by atoms with Crippen LogP contribution in [-0.4, -0.2) is 59.3 Å². The van der Waals surface area contributed by atoms with Gasteiger partial charge in [-0.2, -0.15) is 0 Å². The fourth-order valence-corrected chi connectivity index (χ4v) is 2.29. The summed E-state index contributed by atoms with van der Waals surface area (Å²) in [5.41, 5.74) is 0. The van der Waals surface area contributed by atoms with Crippen molar-refractivity contribution in [1.29, 1.82) is 0 Å². The fraction of sp³-hybridized carbons (Fsp3) is 0.833. The standard InChI is InChI=1S/C12H22N2O4/c15-8-5-10-3-2-7-14(10)9-11(16)13-6-1-4-12(17)18/h10,15H,1-9H2,(H,13,16)(H,17,18). The van der Waals surface area contributed by atoms with Crippen LogP contribution in [0.3, 0.4) is 0 Å². The number of likely N-dealkylation sites (tertiary alicyclic amines) is 1. The molecule has 1 saturated heterocycles. The largest absolute Gasteiger partial charge is 0.481 e. The molecule has 0 saturated carbocycles. The molecule has 0 aromatic carbocycles. The van der Waals surface area contributed by atoms with E-state index in [1.165, 1.54) is 0 Å². The monoisotopic (exact) mass is 258 g/mol. The Morgan fingerprint density at radius 2 is 2.17 bits per heavy atom. The third-order valence-corrected chi connectivity index (χ3v) is 3.20. The third kappa shape index (κ3) is 5.46. The Morgan fingerprint density at radius 1 is 1.39 bits per heavy atom. The molecule has 1 aliphatic rings. The lowest BCUT2D eigenvalue weighted by atomic mass is 10.1. The average molecular weight is 258 g/mol.